The highest BCUT2D eigenvalue weighted by molar-refractivity contribution is 6.14. The third kappa shape index (κ3) is 5.86. The average Bonchev–Trinajstić information content (AvgIpc) is 3.89. The number of nitrogens with one attached hydrogen (secondary N) is 2. The Morgan fingerprint density at radius 2 is 1.36 bits per heavy atom. The molecule has 5 aromatic carbocycles. The van der Waals surface area contributed by atoms with E-state index < -0.39 is 18.0 Å². The van der Waals surface area contributed by atoms with Gasteiger partial charge in [-0.25, -0.2) is 4.79 Å². The van der Waals surface area contributed by atoms with Gasteiger partial charge < -0.3 is 20.1 Å². The summed E-state index contributed by atoms with van der Waals surface area (Å²) in [5.41, 5.74) is 7.06. The molecule has 1 saturated heterocycles. The summed E-state index contributed by atoms with van der Waals surface area (Å²) in [6.07, 6.45) is -0.799. The molecule has 7 rings (SSSR count). The van der Waals surface area contributed by atoms with Gasteiger partial charge in [0.2, 0.25) is 0 Å². The summed E-state index contributed by atoms with van der Waals surface area (Å²) in [7, 11) is 0. The molecule has 0 saturated carbocycles. The Hall–Kier alpha value is -5.53. The quantitative estimate of drug-likeness (QED) is 0.139. The predicted molar refractivity (Wildman–Crippen MR) is 171 cm³/mol. The van der Waals surface area contributed by atoms with Crippen LogP contribution in [0.2, 0.25) is 0 Å². The van der Waals surface area contributed by atoms with E-state index in [0.717, 1.165) is 27.8 Å². The number of fused-ring (bicyclic) bond motifs is 3. The number of carbonyl (C=O) groups is 3. The van der Waals surface area contributed by atoms with Crippen molar-refractivity contribution in [3.8, 4) is 11.1 Å². The molecule has 0 radical (unpaired) electrons. The Morgan fingerprint density at radius 3 is 2.00 bits per heavy atom. The first-order valence-corrected chi connectivity index (χ1v) is 14.9. The standard InChI is InChI=1S/C38H30N2O5/c41-36(25-13-5-2-6-14-25)31-20-19-26(34-23-44-34)21-33(31)39-37(42)35(24-11-3-1-4-12-24)40-38(43)45-22-32-29-17-9-7-15-27(29)28-16-8-10-18-30(28)32/h1-21,32,34-35H,22-23H2,(H,39,42)(H,40,43)/t34?,35-/m1/s1. The molecular weight excluding hydrogens is 564 g/mol. The molecular formula is C38H30N2O5. The van der Waals surface area contributed by atoms with E-state index in [0.29, 0.717) is 29.0 Å². The molecule has 2 amide bonds. The molecule has 1 heterocycles. The third-order valence-electron chi connectivity index (χ3n) is 8.29. The zero-order valence-corrected chi connectivity index (χ0v) is 24.3. The molecule has 0 bridgehead atoms. The molecule has 0 aromatic heterocycles. The lowest BCUT2D eigenvalue weighted by Gasteiger charge is -2.21. The van der Waals surface area contributed by atoms with E-state index in [1.165, 1.54) is 0 Å². The largest absolute Gasteiger partial charge is 0.449 e. The van der Waals surface area contributed by atoms with E-state index in [1.807, 2.05) is 42.5 Å². The average molecular weight is 595 g/mol. The summed E-state index contributed by atoms with van der Waals surface area (Å²) in [6, 6.07) is 38.3. The zero-order valence-electron chi connectivity index (χ0n) is 24.3. The lowest BCUT2D eigenvalue weighted by atomic mass is 9.98. The molecule has 2 aliphatic rings. The number of ether oxygens (including phenoxy) is 2. The molecule has 2 atom stereocenters. The van der Waals surface area contributed by atoms with Crippen LogP contribution in [-0.2, 0) is 14.3 Å². The topological polar surface area (TPSA) is 97.0 Å². The Morgan fingerprint density at radius 1 is 0.756 bits per heavy atom. The van der Waals surface area contributed by atoms with Gasteiger partial charge in [0.1, 0.15) is 18.8 Å². The molecule has 0 spiro atoms. The first-order chi connectivity index (χ1) is 22.1. The van der Waals surface area contributed by atoms with Crippen molar-refractivity contribution in [1.29, 1.82) is 0 Å². The van der Waals surface area contributed by atoms with E-state index in [9.17, 15) is 14.4 Å². The smallest absolute Gasteiger partial charge is 0.408 e. The second-order valence-electron chi connectivity index (χ2n) is 11.1. The molecule has 1 aliphatic heterocycles. The molecule has 1 aliphatic carbocycles. The summed E-state index contributed by atoms with van der Waals surface area (Å²) >= 11 is 0. The highest BCUT2D eigenvalue weighted by Crippen LogP contribution is 2.44. The normalized spacial score (nSPS) is 15.3. The van der Waals surface area contributed by atoms with Crippen LogP contribution in [0.5, 0.6) is 0 Å². The van der Waals surface area contributed by atoms with Crippen molar-refractivity contribution in [2.75, 3.05) is 18.5 Å². The van der Waals surface area contributed by atoms with Crippen molar-refractivity contribution in [3.63, 3.8) is 0 Å². The minimum atomic E-state index is -1.08. The SMILES string of the molecule is O=C(N[C@@H](C(=O)Nc1cc(C2CO2)ccc1C(=O)c1ccccc1)c1ccccc1)OCC1c2ccccc2-c2ccccc21. The zero-order chi connectivity index (χ0) is 30.8. The minimum absolute atomic E-state index is 0.0783. The number of alkyl carbamates (subject to hydrolysis) is 1. The Kier molecular flexibility index (Phi) is 7.68. The van der Waals surface area contributed by atoms with Crippen LogP contribution >= 0.6 is 0 Å². The van der Waals surface area contributed by atoms with Gasteiger partial charge in [-0.1, -0.05) is 115 Å². The van der Waals surface area contributed by atoms with Gasteiger partial charge in [-0.2, -0.15) is 0 Å². The highest BCUT2D eigenvalue weighted by atomic mass is 16.6. The number of benzene rings is 5. The molecule has 1 unspecified atom stereocenters. The maximum Gasteiger partial charge on any atom is 0.408 e. The van der Waals surface area contributed by atoms with Crippen LogP contribution in [0.25, 0.3) is 11.1 Å². The van der Waals surface area contributed by atoms with E-state index >= 15 is 0 Å². The monoisotopic (exact) mass is 594 g/mol. The van der Waals surface area contributed by atoms with E-state index in [1.54, 1.807) is 60.7 Å². The van der Waals surface area contributed by atoms with Gasteiger partial charge in [-0.15, -0.1) is 0 Å². The number of amides is 2. The number of hydrogen-bond acceptors (Lipinski definition) is 5. The van der Waals surface area contributed by atoms with Crippen molar-refractivity contribution >= 4 is 23.5 Å². The maximum absolute atomic E-state index is 13.9. The van der Waals surface area contributed by atoms with E-state index in [2.05, 4.69) is 34.9 Å². The molecule has 5 aromatic rings. The summed E-state index contributed by atoms with van der Waals surface area (Å²) in [5.74, 6) is -0.855. The maximum atomic E-state index is 13.9. The van der Waals surface area contributed by atoms with Gasteiger partial charge in [-0.05, 0) is 45.5 Å². The van der Waals surface area contributed by atoms with Crippen molar-refractivity contribution in [1.82, 2.24) is 5.32 Å². The molecule has 7 heteroatoms. The fourth-order valence-corrected chi connectivity index (χ4v) is 5.96. The van der Waals surface area contributed by atoms with Gasteiger partial charge in [0.25, 0.3) is 5.91 Å². The fraction of sp³-hybridized carbons (Fsp3) is 0.132. The summed E-state index contributed by atoms with van der Waals surface area (Å²) in [6.45, 7) is 0.692. The van der Waals surface area contributed by atoms with Crippen LogP contribution in [0.15, 0.2) is 127 Å². The van der Waals surface area contributed by atoms with Crippen LogP contribution in [0.1, 0.15) is 56.2 Å². The first kappa shape index (κ1) is 28.3. The van der Waals surface area contributed by atoms with Gasteiger partial charge in [-0.3, -0.25) is 9.59 Å². The lowest BCUT2D eigenvalue weighted by Crippen LogP contribution is -2.38. The Balaban J connectivity index is 1.12. The van der Waals surface area contributed by atoms with Crippen molar-refractivity contribution in [3.05, 3.63) is 161 Å². The summed E-state index contributed by atoms with van der Waals surface area (Å²) < 4.78 is 11.2. The van der Waals surface area contributed by atoms with Gasteiger partial charge in [0.15, 0.2) is 5.78 Å². The molecule has 2 N–H and O–H groups in total. The number of ketones is 1. The van der Waals surface area contributed by atoms with Gasteiger partial charge in [0, 0.05) is 17.0 Å². The van der Waals surface area contributed by atoms with Crippen molar-refractivity contribution < 1.29 is 23.9 Å². The third-order valence-corrected chi connectivity index (χ3v) is 8.29. The highest BCUT2D eigenvalue weighted by Gasteiger charge is 2.31. The minimum Gasteiger partial charge on any atom is -0.449 e. The first-order valence-electron chi connectivity index (χ1n) is 14.9. The second-order valence-corrected chi connectivity index (χ2v) is 11.1. The van der Waals surface area contributed by atoms with Crippen LogP contribution in [0.4, 0.5) is 10.5 Å². The molecule has 222 valence electrons. The van der Waals surface area contributed by atoms with Crippen LogP contribution in [0, 0.1) is 0 Å². The number of hydrogen-bond donors (Lipinski definition) is 2. The Labute approximate surface area is 260 Å². The van der Waals surface area contributed by atoms with Crippen LogP contribution in [-0.4, -0.2) is 31.0 Å². The summed E-state index contributed by atoms with van der Waals surface area (Å²) in [5, 5.41) is 5.70. The number of epoxide rings is 1. The van der Waals surface area contributed by atoms with Gasteiger partial charge >= 0.3 is 6.09 Å². The van der Waals surface area contributed by atoms with Gasteiger partial charge in [0.05, 0.1) is 12.3 Å². The van der Waals surface area contributed by atoms with Crippen LogP contribution in [0.3, 0.4) is 0 Å². The van der Waals surface area contributed by atoms with Crippen molar-refractivity contribution in [2.24, 2.45) is 0 Å². The number of carbonyl (C=O) groups excluding carboxylic acids is 3. The number of rotatable bonds is 9. The lowest BCUT2D eigenvalue weighted by molar-refractivity contribution is -0.118. The second kappa shape index (κ2) is 12.2. The van der Waals surface area contributed by atoms with E-state index in [-0.39, 0.29) is 24.4 Å². The van der Waals surface area contributed by atoms with Crippen LogP contribution < -0.4 is 10.6 Å². The van der Waals surface area contributed by atoms with Crippen molar-refractivity contribution in [2.45, 2.75) is 18.1 Å². The number of anilines is 1. The van der Waals surface area contributed by atoms with E-state index in [4.69, 9.17) is 9.47 Å². The molecule has 7 nitrogen and oxygen atoms in total. The molecule has 45 heavy (non-hydrogen) atoms. The fourth-order valence-electron chi connectivity index (χ4n) is 5.96. The summed E-state index contributed by atoms with van der Waals surface area (Å²) in [4.78, 5) is 40.7. The predicted octanol–water partition coefficient (Wildman–Crippen LogP) is 7.21. The Bertz CT molecular complexity index is 1840. The molecule has 1 fully saturated rings.